The van der Waals surface area contributed by atoms with Crippen molar-refractivity contribution in [1.82, 2.24) is 14.5 Å². The number of ether oxygens (including phenoxy) is 1. The zero-order chi connectivity index (χ0) is 14.1. The Balaban J connectivity index is 2.27. The van der Waals surface area contributed by atoms with Gasteiger partial charge in [-0.15, -0.1) is 0 Å². The Bertz CT molecular complexity index is 769. The molecular formula is C14H13ClN4O. The van der Waals surface area contributed by atoms with E-state index in [0.717, 1.165) is 11.3 Å². The molecular weight excluding hydrogens is 276 g/mol. The van der Waals surface area contributed by atoms with Crippen LogP contribution in [-0.4, -0.2) is 21.6 Å². The standard InChI is InChI=1S/C14H13ClN4O/c1-20-8-9-4-2-3-5-12(9)19-13-11(18-14(19)16)6-10(15)7-17-13/h2-7H,8H2,1H3,(H2,16,18). The molecule has 0 atom stereocenters. The van der Waals surface area contributed by atoms with Gasteiger partial charge in [-0.1, -0.05) is 29.8 Å². The number of halogens is 1. The highest BCUT2D eigenvalue weighted by atomic mass is 35.5. The van der Waals surface area contributed by atoms with Crippen LogP contribution in [0.1, 0.15) is 5.56 Å². The number of anilines is 1. The second-order valence-electron chi connectivity index (χ2n) is 4.36. The molecule has 0 unspecified atom stereocenters. The van der Waals surface area contributed by atoms with Crippen molar-refractivity contribution in [1.29, 1.82) is 0 Å². The molecule has 0 amide bonds. The maximum Gasteiger partial charge on any atom is 0.207 e. The van der Waals surface area contributed by atoms with Crippen LogP contribution in [0.25, 0.3) is 16.9 Å². The third kappa shape index (κ3) is 2.11. The zero-order valence-corrected chi connectivity index (χ0v) is 11.6. The molecule has 5 nitrogen and oxygen atoms in total. The van der Waals surface area contributed by atoms with Crippen LogP contribution < -0.4 is 5.73 Å². The normalized spacial score (nSPS) is 11.1. The van der Waals surface area contributed by atoms with Crippen LogP contribution in [0.15, 0.2) is 36.5 Å². The third-order valence-corrected chi connectivity index (χ3v) is 3.23. The van der Waals surface area contributed by atoms with E-state index in [-0.39, 0.29) is 0 Å². The number of para-hydroxylation sites is 1. The number of nitrogens with two attached hydrogens (primary N) is 1. The van der Waals surface area contributed by atoms with Gasteiger partial charge in [-0.3, -0.25) is 4.57 Å². The Morgan fingerprint density at radius 3 is 2.95 bits per heavy atom. The summed E-state index contributed by atoms with van der Waals surface area (Å²) in [7, 11) is 1.66. The Labute approximate surface area is 121 Å². The molecule has 3 aromatic rings. The largest absolute Gasteiger partial charge is 0.380 e. The smallest absolute Gasteiger partial charge is 0.207 e. The molecule has 102 valence electrons. The molecule has 0 aliphatic rings. The Kier molecular flexibility index (Phi) is 3.30. The molecule has 2 N–H and O–H groups in total. The Morgan fingerprint density at radius 2 is 2.15 bits per heavy atom. The summed E-state index contributed by atoms with van der Waals surface area (Å²) in [5, 5.41) is 0.535. The number of nitrogen functional groups attached to an aromatic ring is 1. The molecule has 0 saturated carbocycles. The summed E-state index contributed by atoms with van der Waals surface area (Å²) < 4.78 is 7.03. The van der Waals surface area contributed by atoms with Crippen molar-refractivity contribution in [2.45, 2.75) is 6.61 Å². The lowest BCUT2D eigenvalue weighted by atomic mass is 10.2. The number of hydrogen-bond donors (Lipinski definition) is 1. The van der Waals surface area contributed by atoms with Crippen molar-refractivity contribution in [3.8, 4) is 5.69 Å². The minimum Gasteiger partial charge on any atom is -0.380 e. The van der Waals surface area contributed by atoms with Crippen molar-refractivity contribution in [2.24, 2.45) is 0 Å². The minimum atomic E-state index is 0.373. The maximum absolute atomic E-state index is 6.03. The zero-order valence-electron chi connectivity index (χ0n) is 10.9. The van der Waals surface area contributed by atoms with Gasteiger partial charge in [-0.25, -0.2) is 9.97 Å². The van der Waals surface area contributed by atoms with Crippen molar-refractivity contribution >= 4 is 28.7 Å². The molecule has 1 aromatic carbocycles. The number of rotatable bonds is 3. The van der Waals surface area contributed by atoms with Crippen molar-refractivity contribution in [2.75, 3.05) is 12.8 Å². The van der Waals surface area contributed by atoms with Gasteiger partial charge < -0.3 is 10.5 Å². The fourth-order valence-electron chi connectivity index (χ4n) is 2.20. The monoisotopic (exact) mass is 288 g/mol. The average Bonchev–Trinajstić information content (AvgIpc) is 2.75. The molecule has 20 heavy (non-hydrogen) atoms. The first-order valence-corrected chi connectivity index (χ1v) is 6.45. The van der Waals surface area contributed by atoms with E-state index >= 15 is 0 Å². The minimum absolute atomic E-state index is 0.373. The van der Waals surface area contributed by atoms with E-state index in [0.29, 0.717) is 28.7 Å². The van der Waals surface area contributed by atoms with Gasteiger partial charge in [-0.2, -0.15) is 0 Å². The molecule has 0 spiro atoms. The summed E-state index contributed by atoms with van der Waals surface area (Å²) in [4.78, 5) is 8.63. The van der Waals surface area contributed by atoms with Crippen LogP contribution in [-0.2, 0) is 11.3 Å². The van der Waals surface area contributed by atoms with Crippen molar-refractivity contribution in [3.05, 3.63) is 47.1 Å². The number of nitrogens with zero attached hydrogens (tertiary/aromatic N) is 3. The van der Waals surface area contributed by atoms with E-state index in [1.807, 2.05) is 24.3 Å². The van der Waals surface area contributed by atoms with Crippen LogP contribution in [0, 0.1) is 0 Å². The predicted octanol–water partition coefficient (Wildman–Crippen LogP) is 2.80. The fraction of sp³-hybridized carbons (Fsp3) is 0.143. The summed E-state index contributed by atoms with van der Waals surface area (Å²) in [6.45, 7) is 0.489. The highest BCUT2D eigenvalue weighted by molar-refractivity contribution is 6.31. The summed E-state index contributed by atoms with van der Waals surface area (Å²) in [5.74, 6) is 0.373. The first kappa shape index (κ1) is 12.9. The number of fused-ring (bicyclic) bond motifs is 1. The van der Waals surface area contributed by atoms with Crippen LogP contribution >= 0.6 is 11.6 Å². The average molecular weight is 289 g/mol. The summed E-state index contributed by atoms with van der Waals surface area (Å²) in [6.07, 6.45) is 1.58. The number of benzene rings is 1. The molecule has 3 rings (SSSR count). The van der Waals surface area contributed by atoms with Gasteiger partial charge in [0, 0.05) is 18.9 Å². The van der Waals surface area contributed by atoms with Crippen LogP contribution in [0.2, 0.25) is 5.02 Å². The van der Waals surface area contributed by atoms with Gasteiger partial charge in [0.15, 0.2) is 5.65 Å². The first-order valence-electron chi connectivity index (χ1n) is 6.07. The van der Waals surface area contributed by atoms with Crippen LogP contribution in [0.4, 0.5) is 5.95 Å². The summed E-state index contributed by atoms with van der Waals surface area (Å²) in [5.41, 5.74) is 9.29. The second kappa shape index (κ2) is 5.11. The van der Waals surface area contributed by atoms with Crippen LogP contribution in [0.3, 0.4) is 0 Å². The third-order valence-electron chi connectivity index (χ3n) is 3.02. The molecule has 0 aliphatic heterocycles. The molecule has 0 bridgehead atoms. The van der Waals surface area contributed by atoms with Gasteiger partial charge >= 0.3 is 0 Å². The van der Waals surface area contributed by atoms with Crippen molar-refractivity contribution in [3.63, 3.8) is 0 Å². The quantitative estimate of drug-likeness (QED) is 0.805. The summed E-state index contributed by atoms with van der Waals surface area (Å²) >= 11 is 5.93. The number of methoxy groups -OCH3 is 1. The van der Waals surface area contributed by atoms with Gasteiger partial charge in [0.2, 0.25) is 5.95 Å². The lowest BCUT2D eigenvalue weighted by Crippen LogP contribution is -2.05. The highest BCUT2D eigenvalue weighted by Crippen LogP contribution is 2.25. The molecule has 6 heteroatoms. The Hall–Kier alpha value is -2.11. The topological polar surface area (TPSA) is 66.0 Å². The first-order chi connectivity index (χ1) is 9.70. The Morgan fingerprint density at radius 1 is 1.35 bits per heavy atom. The van der Waals surface area contributed by atoms with Crippen molar-refractivity contribution < 1.29 is 4.74 Å². The fourth-order valence-corrected chi connectivity index (χ4v) is 2.35. The summed E-state index contributed by atoms with van der Waals surface area (Å²) in [6, 6.07) is 9.59. The second-order valence-corrected chi connectivity index (χ2v) is 4.80. The van der Waals surface area contributed by atoms with E-state index in [1.54, 1.807) is 23.9 Å². The lowest BCUT2D eigenvalue weighted by Gasteiger charge is -2.11. The number of hydrogen-bond acceptors (Lipinski definition) is 4. The van der Waals surface area contributed by atoms with E-state index < -0.39 is 0 Å². The number of aromatic nitrogens is 3. The maximum atomic E-state index is 6.03. The molecule has 2 aromatic heterocycles. The van der Waals surface area contributed by atoms with Gasteiger partial charge in [0.1, 0.15) is 5.52 Å². The highest BCUT2D eigenvalue weighted by Gasteiger charge is 2.14. The van der Waals surface area contributed by atoms with E-state index in [4.69, 9.17) is 22.1 Å². The lowest BCUT2D eigenvalue weighted by molar-refractivity contribution is 0.185. The molecule has 0 aliphatic carbocycles. The van der Waals surface area contributed by atoms with Gasteiger partial charge in [0.25, 0.3) is 0 Å². The SMILES string of the molecule is COCc1ccccc1-n1c(N)nc2cc(Cl)cnc21. The molecule has 0 saturated heterocycles. The van der Waals surface area contributed by atoms with E-state index in [1.165, 1.54) is 0 Å². The van der Waals surface area contributed by atoms with Crippen LogP contribution in [0.5, 0.6) is 0 Å². The van der Waals surface area contributed by atoms with E-state index in [9.17, 15) is 0 Å². The predicted molar refractivity (Wildman–Crippen MR) is 79.0 cm³/mol. The molecule has 2 heterocycles. The van der Waals surface area contributed by atoms with E-state index in [2.05, 4.69) is 9.97 Å². The number of imidazole rings is 1. The molecule has 0 fully saturated rings. The van der Waals surface area contributed by atoms with Gasteiger partial charge in [0.05, 0.1) is 17.3 Å². The molecule has 0 radical (unpaired) electrons. The van der Waals surface area contributed by atoms with Gasteiger partial charge in [-0.05, 0) is 12.1 Å². The number of pyridine rings is 1.